The molecular weight excluding hydrogens is 308 g/mol. The molecule has 4 rings (SSSR count). The van der Waals surface area contributed by atoms with Gasteiger partial charge in [-0.25, -0.2) is 4.98 Å². The highest BCUT2D eigenvalue weighted by Crippen LogP contribution is 2.39. The Morgan fingerprint density at radius 2 is 1.96 bits per heavy atom. The summed E-state index contributed by atoms with van der Waals surface area (Å²) in [5.74, 6) is -1.45. The summed E-state index contributed by atoms with van der Waals surface area (Å²) in [4.78, 5) is 35.0. The van der Waals surface area contributed by atoms with Gasteiger partial charge in [0.2, 0.25) is 0 Å². The van der Waals surface area contributed by atoms with Gasteiger partial charge >= 0.3 is 5.97 Å². The number of carboxylic acids is 1. The molecule has 24 heavy (non-hydrogen) atoms. The van der Waals surface area contributed by atoms with E-state index in [9.17, 15) is 14.7 Å². The van der Waals surface area contributed by atoms with E-state index in [2.05, 4.69) is 26.7 Å². The summed E-state index contributed by atoms with van der Waals surface area (Å²) in [6.07, 6.45) is 3.70. The van der Waals surface area contributed by atoms with Gasteiger partial charge in [0.1, 0.15) is 11.7 Å². The quantitative estimate of drug-likeness (QED) is 0.818. The molecular formula is C17H22N4O3. The lowest BCUT2D eigenvalue weighted by molar-refractivity contribution is -0.139. The highest BCUT2D eigenvalue weighted by molar-refractivity contribution is 6.13. The van der Waals surface area contributed by atoms with E-state index in [4.69, 9.17) is 0 Å². The summed E-state index contributed by atoms with van der Waals surface area (Å²) in [5, 5.41) is 9.36. The number of ketones is 1. The minimum Gasteiger partial charge on any atom is -0.481 e. The number of anilines is 2. The predicted molar refractivity (Wildman–Crippen MR) is 89.8 cm³/mol. The van der Waals surface area contributed by atoms with Crippen LogP contribution in [0.15, 0.2) is 12.3 Å². The number of carbonyl (C=O) groups excluding carboxylic acids is 1. The molecule has 0 amide bonds. The van der Waals surface area contributed by atoms with E-state index < -0.39 is 11.9 Å². The van der Waals surface area contributed by atoms with Crippen molar-refractivity contribution in [3.8, 4) is 0 Å². The summed E-state index contributed by atoms with van der Waals surface area (Å²) >= 11 is 0. The zero-order valence-corrected chi connectivity index (χ0v) is 13.8. The number of hydrogen-bond donors (Lipinski definition) is 1. The van der Waals surface area contributed by atoms with Crippen molar-refractivity contribution in [3.05, 3.63) is 17.8 Å². The van der Waals surface area contributed by atoms with Crippen molar-refractivity contribution in [1.29, 1.82) is 0 Å². The first-order valence-corrected chi connectivity index (χ1v) is 8.52. The average molecular weight is 330 g/mol. The van der Waals surface area contributed by atoms with E-state index in [1.54, 1.807) is 6.20 Å². The molecule has 2 aliphatic heterocycles. The number of pyridine rings is 1. The first-order valence-electron chi connectivity index (χ1n) is 8.52. The van der Waals surface area contributed by atoms with Crippen molar-refractivity contribution >= 4 is 23.3 Å². The minimum atomic E-state index is -1.04. The maximum Gasteiger partial charge on any atom is 0.316 e. The van der Waals surface area contributed by atoms with Crippen LogP contribution in [-0.4, -0.2) is 72.6 Å². The fourth-order valence-electron chi connectivity index (χ4n) is 3.56. The number of carboxylic acid groups (broad SMARTS) is 1. The third kappa shape index (κ3) is 2.62. The number of Topliss-reactive ketones (excluding diaryl/α,β-unsaturated/α-hetero) is 1. The maximum atomic E-state index is 12.5. The summed E-state index contributed by atoms with van der Waals surface area (Å²) < 4.78 is 0. The number of aromatic nitrogens is 1. The van der Waals surface area contributed by atoms with Crippen molar-refractivity contribution in [3.63, 3.8) is 0 Å². The molecule has 7 nitrogen and oxygen atoms in total. The van der Waals surface area contributed by atoms with Gasteiger partial charge in [-0.2, -0.15) is 0 Å². The zero-order chi connectivity index (χ0) is 16.8. The smallest absolute Gasteiger partial charge is 0.316 e. The Kier molecular flexibility index (Phi) is 3.68. The van der Waals surface area contributed by atoms with E-state index in [1.807, 2.05) is 6.07 Å². The van der Waals surface area contributed by atoms with Crippen LogP contribution in [0.5, 0.6) is 0 Å². The first-order chi connectivity index (χ1) is 11.5. The largest absolute Gasteiger partial charge is 0.481 e. The molecule has 128 valence electrons. The standard InChI is InChI=1S/C17H22N4O3/c1-19-4-6-20(7-5-19)15-8-14-12(9-18-15)16(22)13(17(23)24)10-21(14)11-2-3-11/h8-9,11,13H,2-7,10H2,1H3,(H,23,24). The van der Waals surface area contributed by atoms with Gasteiger partial charge in [0.15, 0.2) is 5.78 Å². The molecule has 0 aromatic carbocycles. The van der Waals surface area contributed by atoms with E-state index >= 15 is 0 Å². The van der Waals surface area contributed by atoms with Crippen LogP contribution < -0.4 is 9.80 Å². The Morgan fingerprint density at radius 1 is 1.25 bits per heavy atom. The Bertz CT molecular complexity index is 680. The van der Waals surface area contributed by atoms with Crippen LogP contribution in [0.3, 0.4) is 0 Å². The first kappa shape index (κ1) is 15.4. The van der Waals surface area contributed by atoms with Crippen LogP contribution >= 0.6 is 0 Å². The van der Waals surface area contributed by atoms with Crippen molar-refractivity contribution in [2.75, 3.05) is 49.6 Å². The molecule has 1 aliphatic carbocycles. The Balaban J connectivity index is 1.68. The molecule has 1 saturated carbocycles. The van der Waals surface area contributed by atoms with Gasteiger partial charge in [-0.1, -0.05) is 0 Å². The molecule has 7 heteroatoms. The van der Waals surface area contributed by atoms with Gasteiger partial charge in [0.05, 0.1) is 11.3 Å². The highest BCUT2D eigenvalue weighted by Gasteiger charge is 2.42. The van der Waals surface area contributed by atoms with Crippen LogP contribution in [0.25, 0.3) is 0 Å². The molecule has 1 atom stereocenters. The number of nitrogens with zero attached hydrogens (tertiary/aromatic N) is 4. The molecule has 0 bridgehead atoms. The van der Waals surface area contributed by atoms with Crippen molar-refractivity contribution in [2.45, 2.75) is 18.9 Å². The van der Waals surface area contributed by atoms with Crippen LogP contribution in [0, 0.1) is 5.92 Å². The second kappa shape index (κ2) is 5.73. The maximum absolute atomic E-state index is 12.5. The molecule has 1 N–H and O–H groups in total. The van der Waals surface area contributed by atoms with Crippen LogP contribution in [0.1, 0.15) is 23.2 Å². The van der Waals surface area contributed by atoms with Gasteiger partial charge in [-0.05, 0) is 19.9 Å². The average Bonchev–Trinajstić information content (AvgIpc) is 3.40. The molecule has 2 fully saturated rings. The number of hydrogen-bond acceptors (Lipinski definition) is 6. The monoisotopic (exact) mass is 330 g/mol. The fraction of sp³-hybridized carbons (Fsp3) is 0.588. The lowest BCUT2D eigenvalue weighted by Crippen LogP contribution is -2.46. The fourth-order valence-corrected chi connectivity index (χ4v) is 3.56. The molecule has 1 unspecified atom stereocenters. The van der Waals surface area contributed by atoms with Gasteiger partial charge in [-0.3, -0.25) is 9.59 Å². The Hall–Kier alpha value is -2.15. The molecule has 3 aliphatic rings. The van der Waals surface area contributed by atoms with Gasteiger partial charge in [0, 0.05) is 51.0 Å². The van der Waals surface area contributed by atoms with Crippen molar-refractivity contribution in [1.82, 2.24) is 9.88 Å². The highest BCUT2D eigenvalue weighted by atomic mass is 16.4. The summed E-state index contributed by atoms with van der Waals surface area (Å²) in [6, 6.07) is 2.34. The number of fused-ring (bicyclic) bond motifs is 1. The minimum absolute atomic E-state index is 0.276. The van der Waals surface area contributed by atoms with Crippen LogP contribution in [0.2, 0.25) is 0 Å². The lowest BCUT2D eigenvalue weighted by Gasteiger charge is -2.36. The third-order valence-corrected chi connectivity index (χ3v) is 5.25. The van der Waals surface area contributed by atoms with E-state index in [1.165, 1.54) is 0 Å². The van der Waals surface area contributed by atoms with Gasteiger partial charge < -0.3 is 19.8 Å². The Labute approximate surface area is 140 Å². The van der Waals surface area contributed by atoms with E-state index in [-0.39, 0.29) is 12.3 Å². The van der Waals surface area contributed by atoms with Crippen LogP contribution in [-0.2, 0) is 4.79 Å². The van der Waals surface area contributed by atoms with Gasteiger partial charge in [-0.15, -0.1) is 0 Å². The SMILES string of the molecule is CN1CCN(c2cc3c(cn2)C(=O)C(C(=O)O)CN3C2CC2)CC1. The number of piperazine rings is 1. The third-order valence-electron chi connectivity index (χ3n) is 5.25. The number of aliphatic carboxylic acids is 1. The van der Waals surface area contributed by atoms with Crippen molar-refractivity contribution < 1.29 is 14.7 Å². The molecule has 3 heterocycles. The second-order valence-corrected chi connectivity index (χ2v) is 6.99. The summed E-state index contributed by atoms with van der Waals surface area (Å²) in [6.45, 7) is 4.09. The second-order valence-electron chi connectivity index (χ2n) is 6.99. The topological polar surface area (TPSA) is 77.0 Å². The lowest BCUT2D eigenvalue weighted by atomic mass is 9.92. The van der Waals surface area contributed by atoms with Gasteiger partial charge in [0.25, 0.3) is 0 Å². The molecule has 0 radical (unpaired) electrons. The predicted octanol–water partition coefficient (Wildman–Crippen LogP) is 0.699. The zero-order valence-electron chi connectivity index (χ0n) is 13.8. The Morgan fingerprint density at radius 3 is 2.58 bits per heavy atom. The summed E-state index contributed by atoms with van der Waals surface area (Å²) in [5.41, 5.74) is 1.32. The number of carbonyl (C=O) groups is 2. The van der Waals surface area contributed by atoms with E-state index in [0.29, 0.717) is 11.6 Å². The molecule has 1 aromatic rings. The normalized spacial score (nSPS) is 24.9. The van der Waals surface area contributed by atoms with Crippen LogP contribution in [0.4, 0.5) is 11.5 Å². The number of rotatable bonds is 3. The summed E-state index contributed by atoms with van der Waals surface area (Å²) in [7, 11) is 2.11. The molecule has 1 aromatic heterocycles. The van der Waals surface area contributed by atoms with Crippen molar-refractivity contribution in [2.24, 2.45) is 5.92 Å². The van der Waals surface area contributed by atoms with E-state index in [0.717, 1.165) is 50.5 Å². The number of likely N-dealkylation sites (N-methyl/N-ethyl adjacent to an activating group) is 1. The molecule has 0 spiro atoms. The molecule has 1 saturated heterocycles.